The number of nitrogens with two attached hydrogens (primary N) is 1. The second-order valence-electron chi connectivity index (χ2n) is 5.80. The zero-order valence-electron chi connectivity index (χ0n) is 15.0. The quantitative estimate of drug-likeness (QED) is 0.238. The fourth-order valence-corrected chi connectivity index (χ4v) is 2.33. The number of benzene rings is 2. The molecule has 2 aromatic rings. The molecule has 0 fully saturated rings. The van der Waals surface area contributed by atoms with Crippen LogP contribution in [0.25, 0.3) is 6.08 Å². The molecule has 0 atom stereocenters. The SMILES string of the molecule is NC(=O)CCc1ccccc1/C=N/NC(=O)c1ccc(/C=C/C(=O)NO)cc1. The number of hydrogen-bond donors (Lipinski definition) is 4. The maximum Gasteiger partial charge on any atom is 0.271 e. The van der Waals surface area contributed by atoms with Crippen molar-refractivity contribution >= 4 is 30.0 Å². The van der Waals surface area contributed by atoms with Crippen LogP contribution in [0.4, 0.5) is 0 Å². The van der Waals surface area contributed by atoms with Gasteiger partial charge in [-0.15, -0.1) is 0 Å². The summed E-state index contributed by atoms with van der Waals surface area (Å²) in [6, 6.07) is 13.9. The Morgan fingerprint density at radius 1 is 1.07 bits per heavy atom. The molecule has 0 aliphatic carbocycles. The van der Waals surface area contributed by atoms with Gasteiger partial charge in [-0.2, -0.15) is 5.10 Å². The number of amides is 3. The number of nitrogens with zero attached hydrogens (tertiary/aromatic N) is 1. The minimum atomic E-state index is -0.646. The number of hydrazone groups is 1. The standard InChI is InChI=1S/C20H20N4O4/c21-18(25)11-10-15-3-1-2-4-17(15)13-22-23-20(27)16-8-5-14(6-9-16)7-12-19(26)24-28/h1-9,12-13,28H,10-11H2,(H2,21,25)(H,23,27)(H,24,26)/b12-7+,22-13+. The first-order valence-electron chi connectivity index (χ1n) is 8.41. The van der Waals surface area contributed by atoms with Gasteiger partial charge in [0.25, 0.3) is 11.8 Å². The Balaban J connectivity index is 1.97. The predicted molar refractivity (Wildman–Crippen MR) is 104 cm³/mol. The summed E-state index contributed by atoms with van der Waals surface area (Å²) in [5, 5.41) is 12.4. The van der Waals surface area contributed by atoms with Crippen LogP contribution in [0.15, 0.2) is 59.7 Å². The van der Waals surface area contributed by atoms with Crippen LogP contribution < -0.4 is 16.6 Å². The first kappa shape index (κ1) is 20.5. The number of rotatable bonds is 8. The van der Waals surface area contributed by atoms with Crippen LogP contribution in [-0.4, -0.2) is 29.1 Å². The van der Waals surface area contributed by atoms with E-state index in [2.05, 4.69) is 10.5 Å². The molecule has 0 unspecified atom stereocenters. The molecule has 0 saturated carbocycles. The van der Waals surface area contributed by atoms with Crippen molar-refractivity contribution in [2.45, 2.75) is 12.8 Å². The van der Waals surface area contributed by atoms with Gasteiger partial charge in [0.1, 0.15) is 0 Å². The summed E-state index contributed by atoms with van der Waals surface area (Å²) in [4.78, 5) is 34.1. The molecule has 8 heteroatoms. The lowest BCUT2D eigenvalue weighted by Crippen LogP contribution is -2.17. The van der Waals surface area contributed by atoms with Crippen molar-refractivity contribution in [1.29, 1.82) is 0 Å². The molecular formula is C20H20N4O4. The molecule has 0 radical (unpaired) electrons. The van der Waals surface area contributed by atoms with E-state index in [1.165, 1.54) is 17.8 Å². The highest BCUT2D eigenvalue weighted by molar-refractivity contribution is 5.95. The molecule has 5 N–H and O–H groups in total. The van der Waals surface area contributed by atoms with Gasteiger partial charge in [-0.05, 0) is 41.3 Å². The van der Waals surface area contributed by atoms with E-state index in [0.717, 1.165) is 17.2 Å². The van der Waals surface area contributed by atoms with Gasteiger partial charge in [-0.3, -0.25) is 19.6 Å². The maximum atomic E-state index is 12.2. The summed E-state index contributed by atoms with van der Waals surface area (Å²) in [6.45, 7) is 0. The van der Waals surface area contributed by atoms with Gasteiger partial charge >= 0.3 is 0 Å². The third-order valence-corrected chi connectivity index (χ3v) is 3.78. The zero-order valence-corrected chi connectivity index (χ0v) is 15.0. The van der Waals surface area contributed by atoms with Crippen LogP contribution >= 0.6 is 0 Å². The second kappa shape index (κ2) is 10.4. The van der Waals surface area contributed by atoms with Crippen molar-refractivity contribution in [1.82, 2.24) is 10.9 Å². The van der Waals surface area contributed by atoms with Gasteiger partial charge in [0.05, 0.1) is 6.21 Å². The van der Waals surface area contributed by atoms with Gasteiger partial charge in [-0.25, -0.2) is 10.9 Å². The topological polar surface area (TPSA) is 134 Å². The minimum Gasteiger partial charge on any atom is -0.370 e. The molecule has 144 valence electrons. The Morgan fingerprint density at radius 2 is 1.79 bits per heavy atom. The molecule has 8 nitrogen and oxygen atoms in total. The van der Waals surface area contributed by atoms with Crippen LogP contribution in [0.2, 0.25) is 0 Å². The minimum absolute atomic E-state index is 0.234. The molecule has 2 aromatic carbocycles. The number of nitrogens with one attached hydrogen (secondary N) is 2. The van der Waals surface area contributed by atoms with Gasteiger partial charge < -0.3 is 5.73 Å². The summed E-state index contributed by atoms with van der Waals surface area (Å²) in [7, 11) is 0. The van der Waals surface area contributed by atoms with E-state index in [1.807, 2.05) is 24.3 Å². The number of carbonyl (C=O) groups is 3. The van der Waals surface area contributed by atoms with E-state index in [0.29, 0.717) is 17.5 Å². The van der Waals surface area contributed by atoms with E-state index in [9.17, 15) is 14.4 Å². The Labute approximate surface area is 161 Å². The van der Waals surface area contributed by atoms with Gasteiger partial charge in [0.15, 0.2) is 0 Å². The molecular weight excluding hydrogens is 360 g/mol. The largest absolute Gasteiger partial charge is 0.370 e. The van der Waals surface area contributed by atoms with Crippen LogP contribution in [0.5, 0.6) is 0 Å². The van der Waals surface area contributed by atoms with Crippen LogP contribution in [0, 0.1) is 0 Å². The number of primary amides is 1. The lowest BCUT2D eigenvalue weighted by atomic mass is 10.0. The van der Waals surface area contributed by atoms with Gasteiger partial charge in [-0.1, -0.05) is 36.4 Å². The Morgan fingerprint density at radius 3 is 2.46 bits per heavy atom. The molecule has 0 saturated heterocycles. The lowest BCUT2D eigenvalue weighted by Gasteiger charge is -2.04. The Kier molecular flexibility index (Phi) is 7.62. The predicted octanol–water partition coefficient (Wildman–Crippen LogP) is 1.39. The first-order chi connectivity index (χ1) is 13.5. The Hall–Kier alpha value is -3.78. The summed E-state index contributed by atoms with van der Waals surface area (Å²) in [5.41, 5.74) is 11.9. The molecule has 0 aliphatic heterocycles. The number of carbonyl (C=O) groups excluding carboxylic acids is 3. The van der Waals surface area contributed by atoms with E-state index in [-0.39, 0.29) is 12.3 Å². The summed E-state index contributed by atoms with van der Waals surface area (Å²) in [5.74, 6) is -1.42. The van der Waals surface area contributed by atoms with Crippen LogP contribution in [0.3, 0.4) is 0 Å². The fraction of sp³-hybridized carbons (Fsp3) is 0.100. The van der Waals surface area contributed by atoms with Crippen LogP contribution in [-0.2, 0) is 16.0 Å². The highest BCUT2D eigenvalue weighted by Gasteiger charge is 2.05. The number of aryl methyl sites for hydroxylation is 1. The summed E-state index contributed by atoms with van der Waals surface area (Å²) in [6.07, 6.45) is 4.90. The highest BCUT2D eigenvalue weighted by atomic mass is 16.5. The molecule has 0 aliphatic rings. The zero-order chi connectivity index (χ0) is 20.4. The smallest absolute Gasteiger partial charge is 0.271 e. The van der Waals surface area contributed by atoms with Crippen molar-refractivity contribution in [3.63, 3.8) is 0 Å². The first-order valence-corrected chi connectivity index (χ1v) is 8.41. The van der Waals surface area contributed by atoms with E-state index in [1.54, 1.807) is 24.3 Å². The molecule has 3 amide bonds. The van der Waals surface area contributed by atoms with E-state index >= 15 is 0 Å². The number of hydroxylamine groups is 1. The van der Waals surface area contributed by atoms with E-state index in [4.69, 9.17) is 10.9 Å². The van der Waals surface area contributed by atoms with Crippen molar-refractivity contribution in [3.05, 3.63) is 76.9 Å². The van der Waals surface area contributed by atoms with Crippen LogP contribution in [0.1, 0.15) is 33.5 Å². The van der Waals surface area contributed by atoms with Crippen molar-refractivity contribution in [2.24, 2.45) is 10.8 Å². The van der Waals surface area contributed by atoms with Crippen molar-refractivity contribution < 1.29 is 19.6 Å². The molecule has 0 heterocycles. The summed E-state index contributed by atoms with van der Waals surface area (Å²) < 4.78 is 0. The number of hydrogen-bond acceptors (Lipinski definition) is 5. The maximum absolute atomic E-state index is 12.2. The monoisotopic (exact) mass is 380 g/mol. The Bertz CT molecular complexity index is 905. The molecule has 0 bridgehead atoms. The van der Waals surface area contributed by atoms with Gasteiger partial charge in [0.2, 0.25) is 5.91 Å². The van der Waals surface area contributed by atoms with Crippen molar-refractivity contribution in [3.8, 4) is 0 Å². The summed E-state index contributed by atoms with van der Waals surface area (Å²) >= 11 is 0. The second-order valence-corrected chi connectivity index (χ2v) is 5.80. The van der Waals surface area contributed by atoms with Gasteiger partial charge in [0, 0.05) is 18.1 Å². The normalized spacial score (nSPS) is 10.9. The highest BCUT2D eigenvalue weighted by Crippen LogP contribution is 2.09. The molecule has 0 aromatic heterocycles. The lowest BCUT2D eigenvalue weighted by molar-refractivity contribution is -0.124. The third-order valence-electron chi connectivity index (χ3n) is 3.78. The molecule has 2 rings (SSSR count). The fourth-order valence-electron chi connectivity index (χ4n) is 2.33. The molecule has 28 heavy (non-hydrogen) atoms. The van der Waals surface area contributed by atoms with E-state index < -0.39 is 11.8 Å². The third kappa shape index (κ3) is 6.50. The van der Waals surface area contributed by atoms with Crippen molar-refractivity contribution in [2.75, 3.05) is 0 Å². The average Bonchev–Trinajstić information content (AvgIpc) is 2.71. The average molecular weight is 380 g/mol. The molecule has 0 spiro atoms.